The minimum Gasteiger partial charge on any atom is -0.508 e. The molecule has 1 heterocycles. The summed E-state index contributed by atoms with van der Waals surface area (Å²) >= 11 is 0. The van der Waals surface area contributed by atoms with Crippen molar-refractivity contribution in [3.8, 4) is 5.75 Å². The fraction of sp³-hybridized carbons (Fsp3) is 0.417. The van der Waals surface area contributed by atoms with Crippen molar-refractivity contribution in [1.29, 1.82) is 0 Å². The van der Waals surface area contributed by atoms with Gasteiger partial charge in [0.2, 0.25) is 5.91 Å². The summed E-state index contributed by atoms with van der Waals surface area (Å²) in [7, 11) is 0. The van der Waals surface area contributed by atoms with Crippen molar-refractivity contribution < 1.29 is 14.6 Å². The molecule has 16 heavy (non-hydrogen) atoms. The molecule has 1 saturated heterocycles. The number of carbonyl (C=O) groups excluding carboxylic acids is 1. The van der Waals surface area contributed by atoms with Gasteiger partial charge in [0.15, 0.2) is 0 Å². The Labute approximate surface area is 94.2 Å². The van der Waals surface area contributed by atoms with Gasteiger partial charge >= 0.3 is 0 Å². The Hall–Kier alpha value is -1.55. The standard InChI is InChI=1S/C12H15NO3/c1-8-6-9(7-16-8)12(15)13-10-2-4-11(14)5-3-10/h2-5,8-9,14H,6-7H2,1H3,(H,13,15). The van der Waals surface area contributed by atoms with Crippen molar-refractivity contribution in [2.75, 3.05) is 11.9 Å². The fourth-order valence-electron chi connectivity index (χ4n) is 1.79. The van der Waals surface area contributed by atoms with Crippen molar-refractivity contribution in [3.05, 3.63) is 24.3 Å². The summed E-state index contributed by atoms with van der Waals surface area (Å²) in [6.07, 6.45) is 0.930. The molecule has 86 valence electrons. The lowest BCUT2D eigenvalue weighted by molar-refractivity contribution is -0.119. The van der Waals surface area contributed by atoms with Crippen LogP contribution in [0.1, 0.15) is 13.3 Å². The van der Waals surface area contributed by atoms with Crippen molar-refractivity contribution in [2.24, 2.45) is 5.92 Å². The third-order valence-corrected chi connectivity index (χ3v) is 2.70. The molecule has 1 amide bonds. The molecule has 2 rings (SSSR count). The van der Waals surface area contributed by atoms with Crippen LogP contribution in [0, 0.1) is 5.92 Å². The highest BCUT2D eigenvalue weighted by Gasteiger charge is 2.28. The summed E-state index contributed by atoms with van der Waals surface area (Å²) in [5, 5.41) is 11.9. The monoisotopic (exact) mass is 221 g/mol. The molecule has 0 aliphatic carbocycles. The Bertz CT molecular complexity index is 374. The van der Waals surface area contributed by atoms with E-state index in [1.54, 1.807) is 24.3 Å². The molecule has 4 nitrogen and oxygen atoms in total. The third-order valence-electron chi connectivity index (χ3n) is 2.70. The van der Waals surface area contributed by atoms with E-state index in [4.69, 9.17) is 9.84 Å². The molecule has 2 N–H and O–H groups in total. The topological polar surface area (TPSA) is 58.6 Å². The minimum absolute atomic E-state index is 0.0185. The number of ether oxygens (including phenoxy) is 1. The Morgan fingerprint density at radius 2 is 2.12 bits per heavy atom. The van der Waals surface area contributed by atoms with Crippen molar-refractivity contribution in [3.63, 3.8) is 0 Å². The lowest BCUT2D eigenvalue weighted by Gasteiger charge is -2.09. The van der Waals surface area contributed by atoms with Crippen molar-refractivity contribution in [2.45, 2.75) is 19.4 Å². The first-order valence-corrected chi connectivity index (χ1v) is 5.36. The van der Waals surface area contributed by atoms with Crippen LogP contribution in [0.15, 0.2) is 24.3 Å². The molecule has 2 atom stereocenters. The van der Waals surface area contributed by atoms with Crippen LogP contribution in [-0.2, 0) is 9.53 Å². The Morgan fingerprint density at radius 3 is 2.69 bits per heavy atom. The molecule has 1 aliphatic rings. The van der Waals surface area contributed by atoms with Gasteiger partial charge in [-0.1, -0.05) is 0 Å². The number of nitrogens with one attached hydrogen (secondary N) is 1. The maximum absolute atomic E-state index is 11.8. The number of hydrogen-bond donors (Lipinski definition) is 2. The zero-order chi connectivity index (χ0) is 11.5. The zero-order valence-corrected chi connectivity index (χ0v) is 9.14. The van der Waals surface area contributed by atoms with Crippen molar-refractivity contribution >= 4 is 11.6 Å². The number of carbonyl (C=O) groups is 1. The minimum atomic E-state index is -0.0659. The summed E-state index contributed by atoms with van der Waals surface area (Å²) in [4.78, 5) is 11.8. The molecular weight excluding hydrogens is 206 g/mol. The lowest BCUT2D eigenvalue weighted by Crippen LogP contribution is -2.22. The van der Waals surface area contributed by atoms with Crippen LogP contribution in [0.25, 0.3) is 0 Å². The molecule has 1 aliphatic heterocycles. The van der Waals surface area contributed by atoms with Gasteiger partial charge in [0, 0.05) is 5.69 Å². The van der Waals surface area contributed by atoms with Crippen LogP contribution >= 0.6 is 0 Å². The van der Waals surface area contributed by atoms with Gasteiger partial charge in [-0.15, -0.1) is 0 Å². The van der Waals surface area contributed by atoms with Crippen LogP contribution in [-0.4, -0.2) is 23.7 Å². The maximum atomic E-state index is 11.8. The second-order valence-electron chi connectivity index (χ2n) is 4.11. The largest absolute Gasteiger partial charge is 0.508 e. The van der Waals surface area contributed by atoms with E-state index in [9.17, 15) is 4.79 Å². The summed E-state index contributed by atoms with van der Waals surface area (Å²) in [5.74, 6) is 0.106. The number of aromatic hydroxyl groups is 1. The predicted octanol–water partition coefficient (Wildman–Crippen LogP) is 1.76. The van der Waals surface area contributed by atoms with E-state index in [2.05, 4.69) is 5.32 Å². The van der Waals surface area contributed by atoms with Gasteiger partial charge in [-0.25, -0.2) is 0 Å². The Balaban J connectivity index is 1.94. The third kappa shape index (κ3) is 2.52. The van der Waals surface area contributed by atoms with Crippen LogP contribution in [0.2, 0.25) is 0 Å². The fourth-order valence-corrected chi connectivity index (χ4v) is 1.79. The van der Waals surface area contributed by atoms with Crippen molar-refractivity contribution in [1.82, 2.24) is 0 Å². The quantitative estimate of drug-likeness (QED) is 0.748. The summed E-state index contributed by atoms with van der Waals surface area (Å²) in [6, 6.07) is 6.44. The second-order valence-corrected chi connectivity index (χ2v) is 4.11. The summed E-state index contributed by atoms with van der Waals surface area (Å²) < 4.78 is 5.34. The first-order chi connectivity index (χ1) is 7.65. The molecular formula is C12H15NO3. The first-order valence-electron chi connectivity index (χ1n) is 5.36. The average Bonchev–Trinajstić information content (AvgIpc) is 2.68. The second kappa shape index (κ2) is 4.53. The first kappa shape index (κ1) is 11.0. The number of rotatable bonds is 2. The van der Waals surface area contributed by atoms with E-state index >= 15 is 0 Å². The molecule has 1 aromatic rings. The van der Waals surface area contributed by atoms with Crippen LogP contribution in [0.4, 0.5) is 5.69 Å². The summed E-state index contributed by atoms with van der Waals surface area (Å²) in [6.45, 7) is 2.46. The number of benzene rings is 1. The highest BCUT2D eigenvalue weighted by atomic mass is 16.5. The number of hydrogen-bond acceptors (Lipinski definition) is 3. The normalized spacial score (nSPS) is 24.3. The number of phenolic OH excluding ortho intramolecular Hbond substituents is 1. The molecule has 1 fully saturated rings. The van der Waals surface area contributed by atoms with Gasteiger partial charge in [-0.05, 0) is 37.6 Å². The Morgan fingerprint density at radius 1 is 1.44 bits per heavy atom. The number of amides is 1. The molecule has 4 heteroatoms. The molecule has 1 aromatic carbocycles. The van der Waals surface area contributed by atoms with E-state index in [1.165, 1.54) is 0 Å². The highest BCUT2D eigenvalue weighted by molar-refractivity contribution is 5.92. The molecule has 0 aromatic heterocycles. The van der Waals surface area contributed by atoms with Gasteiger partial charge in [-0.3, -0.25) is 4.79 Å². The smallest absolute Gasteiger partial charge is 0.229 e. The lowest BCUT2D eigenvalue weighted by atomic mass is 10.1. The number of anilines is 1. The zero-order valence-electron chi connectivity index (χ0n) is 9.14. The molecule has 0 radical (unpaired) electrons. The predicted molar refractivity (Wildman–Crippen MR) is 60.3 cm³/mol. The Kier molecular flexibility index (Phi) is 3.10. The van der Waals surface area contributed by atoms with E-state index < -0.39 is 0 Å². The molecule has 0 bridgehead atoms. The van der Waals surface area contributed by atoms with Crippen LogP contribution < -0.4 is 5.32 Å². The van der Waals surface area contributed by atoms with E-state index in [-0.39, 0.29) is 23.7 Å². The highest BCUT2D eigenvalue weighted by Crippen LogP contribution is 2.21. The van der Waals surface area contributed by atoms with E-state index in [0.29, 0.717) is 12.3 Å². The van der Waals surface area contributed by atoms with Gasteiger partial charge in [0.05, 0.1) is 18.6 Å². The van der Waals surface area contributed by atoms with Crippen LogP contribution in [0.3, 0.4) is 0 Å². The van der Waals surface area contributed by atoms with Gasteiger partial charge < -0.3 is 15.2 Å². The maximum Gasteiger partial charge on any atom is 0.229 e. The van der Waals surface area contributed by atoms with E-state index in [0.717, 1.165) is 6.42 Å². The van der Waals surface area contributed by atoms with E-state index in [1.807, 2.05) is 6.92 Å². The summed E-state index contributed by atoms with van der Waals surface area (Å²) in [5.41, 5.74) is 0.697. The van der Waals surface area contributed by atoms with Gasteiger partial charge in [0.25, 0.3) is 0 Å². The number of phenols is 1. The molecule has 0 spiro atoms. The molecule has 2 unspecified atom stereocenters. The van der Waals surface area contributed by atoms with Gasteiger partial charge in [0.1, 0.15) is 5.75 Å². The molecule has 0 saturated carbocycles. The SMILES string of the molecule is CC1CC(C(=O)Nc2ccc(O)cc2)CO1. The average molecular weight is 221 g/mol. The van der Waals surface area contributed by atoms with Gasteiger partial charge in [-0.2, -0.15) is 0 Å². The van der Waals surface area contributed by atoms with Crippen LogP contribution in [0.5, 0.6) is 5.75 Å².